The lowest BCUT2D eigenvalue weighted by molar-refractivity contribution is -0.119. The van der Waals surface area contributed by atoms with Crippen LogP contribution in [0.4, 0.5) is 10.1 Å². The summed E-state index contributed by atoms with van der Waals surface area (Å²) in [7, 11) is 0. The molecule has 2 heterocycles. The number of aryl methyl sites for hydroxylation is 2. The van der Waals surface area contributed by atoms with E-state index in [1.807, 2.05) is 6.07 Å². The van der Waals surface area contributed by atoms with Gasteiger partial charge in [0.1, 0.15) is 12.4 Å². The van der Waals surface area contributed by atoms with Crippen molar-refractivity contribution >= 4 is 22.9 Å². The van der Waals surface area contributed by atoms with Crippen molar-refractivity contribution in [2.75, 3.05) is 11.4 Å². The van der Waals surface area contributed by atoms with Crippen LogP contribution in [0.5, 0.6) is 0 Å². The molecule has 21 heavy (non-hydrogen) atoms. The Kier molecular flexibility index (Phi) is 3.63. The van der Waals surface area contributed by atoms with E-state index < -0.39 is 0 Å². The molecular weight excluding hydrogens is 291 g/mol. The molecule has 1 aromatic heterocycles. The first kappa shape index (κ1) is 14.0. The van der Waals surface area contributed by atoms with Crippen molar-refractivity contribution in [2.45, 2.75) is 26.3 Å². The van der Waals surface area contributed by atoms with Gasteiger partial charge in [0.25, 0.3) is 0 Å². The average Bonchev–Trinajstić information content (AvgIpc) is 2.79. The molecule has 0 unspecified atom stereocenters. The van der Waals surface area contributed by atoms with Crippen molar-refractivity contribution in [3.8, 4) is 0 Å². The first-order chi connectivity index (χ1) is 10.1. The third-order valence-corrected chi connectivity index (χ3v) is 4.62. The molecule has 0 fully saturated rings. The van der Waals surface area contributed by atoms with Gasteiger partial charge in [-0.3, -0.25) is 14.2 Å². The molecule has 1 aliphatic rings. The van der Waals surface area contributed by atoms with Crippen molar-refractivity contribution in [3.63, 3.8) is 0 Å². The van der Waals surface area contributed by atoms with Crippen LogP contribution < -0.4 is 9.77 Å². The van der Waals surface area contributed by atoms with Gasteiger partial charge in [-0.15, -0.1) is 0 Å². The maximum absolute atomic E-state index is 14.1. The van der Waals surface area contributed by atoms with E-state index in [1.54, 1.807) is 18.4 Å². The third kappa shape index (κ3) is 2.51. The molecule has 0 atom stereocenters. The summed E-state index contributed by atoms with van der Waals surface area (Å²) in [5.41, 5.74) is 1.97. The lowest BCUT2D eigenvalue weighted by atomic mass is 10.0. The maximum atomic E-state index is 14.1. The number of para-hydroxylation sites is 1. The molecule has 3 rings (SSSR count). The zero-order valence-electron chi connectivity index (χ0n) is 11.6. The van der Waals surface area contributed by atoms with E-state index in [2.05, 4.69) is 0 Å². The number of rotatable bonds is 2. The van der Waals surface area contributed by atoms with E-state index in [0.717, 1.165) is 35.4 Å². The van der Waals surface area contributed by atoms with Gasteiger partial charge in [0.15, 0.2) is 0 Å². The highest BCUT2D eigenvalue weighted by Crippen LogP contribution is 2.30. The summed E-state index contributed by atoms with van der Waals surface area (Å²) in [6.07, 6.45) is 1.58. The molecule has 0 spiro atoms. The molecule has 0 N–H and O–H groups in total. The Morgan fingerprint density at radius 3 is 2.95 bits per heavy atom. The molecule has 0 bridgehead atoms. The highest BCUT2D eigenvalue weighted by molar-refractivity contribution is 7.07. The molecule has 4 nitrogen and oxygen atoms in total. The van der Waals surface area contributed by atoms with Crippen LogP contribution in [0.3, 0.4) is 0 Å². The Labute approximate surface area is 125 Å². The number of fused-ring (bicyclic) bond motifs is 1. The Morgan fingerprint density at radius 2 is 2.24 bits per heavy atom. The predicted molar refractivity (Wildman–Crippen MR) is 80.4 cm³/mol. The second-order valence-corrected chi connectivity index (χ2v) is 5.95. The van der Waals surface area contributed by atoms with Crippen LogP contribution >= 0.6 is 11.3 Å². The SMILES string of the molecule is Cc1csc(=O)n1CC(=O)N1CCCc2cccc(F)c21. The van der Waals surface area contributed by atoms with Crippen LogP contribution in [0.1, 0.15) is 17.7 Å². The first-order valence-corrected chi connectivity index (χ1v) is 7.68. The second-order valence-electron chi connectivity index (χ2n) is 5.13. The first-order valence-electron chi connectivity index (χ1n) is 6.80. The molecule has 0 aliphatic carbocycles. The number of amides is 1. The molecular formula is C15H15FN2O2S. The van der Waals surface area contributed by atoms with Gasteiger partial charge in [0.05, 0.1) is 5.69 Å². The average molecular weight is 306 g/mol. The van der Waals surface area contributed by atoms with Gasteiger partial charge in [0, 0.05) is 17.6 Å². The van der Waals surface area contributed by atoms with E-state index >= 15 is 0 Å². The fourth-order valence-corrected chi connectivity index (χ4v) is 3.40. The van der Waals surface area contributed by atoms with Crippen molar-refractivity contribution in [1.82, 2.24) is 4.57 Å². The standard InChI is InChI=1S/C15H15FN2O2S/c1-10-9-21-15(20)18(10)8-13(19)17-7-3-5-11-4-2-6-12(16)14(11)17/h2,4,6,9H,3,5,7-8H2,1H3. The summed E-state index contributed by atoms with van der Waals surface area (Å²) in [5, 5.41) is 1.72. The topological polar surface area (TPSA) is 42.3 Å². The summed E-state index contributed by atoms with van der Waals surface area (Å²) in [6.45, 7) is 2.24. The van der Waals surface area contributed by atoms with Crippen molar-refractivity contribution in [2.24, 2.45) is 0 Å². The number of aromatic nitrogens is 1. The Balaban J connectivity index is 1.92. The third-order valence-electron chi connectivity index (χ3n) is 3.74. The summed E-state index contributed by atoms with van der Waals surface area (Å²) >= 11 is 1.07. The number of carbonyl (C=O) groups excluding carboxylic acids is 1. The Bertz CT molecular complexity index is 750. The van der Waals surface area contributed by atoms with Gasteiger partial charge < -0.3 is 4.90 Å². The second kappa shape index (κ2) is 5.44. The fraction of sp³-hybridized carbons (Fsp3) is 0.333. The van der Waals surface area contributed by atoms with E-state index in [9.17, 15) is 14.0 Å². The number of carbonyl (C=O) groups is 1. The van der Waals surface area contributed by atoms with Gasteiger partial charge in [-0.05, 0) is 31.4 Å². The largest absolute Gasteiger partial charge is 0.308 e. The van der Waals surface area contributed by atoms with Gasteiger partial charge in [-0.2, -0.15) is 0 Å². The van der Waals surface area contributed by atoms with Crippen LogP contribution in [-0.2, 0) is 17.8 Å². The number of anilines is 1. The van der Waals surface area contributed by atoms with Crippen molar-refractivity contribution < 1.29 is 9.18 Å². The molecule has 0 radical (unpaired) electrons. The van der Waals surface area contributed by atoms with Gasteiger partial charge in [-0.1, -0.05) is 23.5 Å². The molecule has 2 aromatic rings. The monoisotopic (exact) mass is 306 g/mol. The summed E-state index contributed by atoms with van der Waals surface area (Å²) in [6, 6.07) is 4.88. The maximum Gasteiger partial charge on any atom is 0.307 e. The van der Waals surface area contributed by atoms with E-state index in [0.29, 0.717) is 12.2 Å². The van der Waals surface area contributed by atoms with Gasteiger partial charge in [-0.25, -0.2) is 4.39 Å². The predicted octanol–water partition coefficient (Wildman–Crippen LogP) is 2.34. The van der Waals surface area contributed by atoms with Crippen LogP contribution in [0.25, 0.3) is 0 Å². The molecule has 0 saturated heterocycles. The number of benzene rings is 1. The van der Waals surface area contributed by atoms with E-state index in [1.165, 1.54) is 15.5 Å². The highest BCUT2D eigenvalue weighted by Gasteiger charge is 2.26. The molecule has 1 aliphatic heterocycles. The smallest absolute Gasteiger partial charge is 0.307 e. The van der Waals surface area contributed by atoms with E-state index in [-0.39, 0.29) is 23.1 Å². The highest BCUT2D eigenvalue weighted by atomic mass is 32.1. The van der Waals surface area contributed by atoms with Crippen molar-refractivity contribution in [3.05, 3.63) is 50.3 Å². The molecule has 6 heteroatoms. The molecule has 1 aromatic carbocycles. The van der Waals surface area contributed by atoms with Gasteiger partial charge in [0.2, 0.25) is 5.91 Å². The Hall–Kier alpha value is -1.95. The number of hydrogen-bond acceptors (Lipinski definition) is 3. The Morgan fingerprint density at radius 1 is 1.43 bits per heavy atom. The number of nitrogens with zero attached hydrogens (tertiary/aromatic N) is 2. The lowest BCUT2D eigenvalue weighted by Gasteiger charge is -2.30. The zero-order valence-corrected chi connectivity index (χ0v) is 12.5. The van der Waals surface area contributed by atoms with Gasteiger partial charge >= 0.3 is 4.87 Å². The molecule has 1 amide bonds. The molecule has 0 saturated carbocycles. The van der Waals surface area contributed by atoms with Crippen LogP contribution in [0.15, 0.2) is 28.4 Å². The summed E-state index contributed by atoms with van der Waals surface area (Å²) < 4.78 is 15.5. The minimum atomic E-state index is -0.380. The summed E-state index contributed by atoms with van der Waals surface area (Å²) in [4.78, 5) is 25.5. The quantitative estimate of drug-likeness (QED) is 0.854. The normalized spacial score (nSPS) is 14.1. The zero-order chi connectivity index (χ0) is 15.0. The lowest BCUT2D eigenvalue weighted by Crippen LogP contribution is -2.39. The minimum absolute atomic E-state index is 0.0397. The van der Waals surface area contributed by atoms with Crippen LogP contribution in [0, 0.1) is 12.7 Å². The van der Waals surface area contributed by atoms with Crippen LogP contribution in [0.2, 0.25) is 0 Å². The number of hydrogen-bond donors (Lipinski definition) is 0. The van der Waals surface area contributed by atoms with E-state index in [4.69, 9.17) is 0 Å². The summed E-state index contributed by atoms with van der Waals surface area (Å²) in [5.74, 6) is -0.625. The fourth-order valence-electron chi connectivity index (χ4n) is 2.67. The van der Waals surface area contributed by atoms with Crippen molar-refractivity contribution in [1.29, 1.82) is 0 Å². The van der Waals surface area contributed by atoms with Crippen LogP contribution in [-0.4, -0.2) is 17.0 Å². The minimum Gasteiger partial charge on any atom is -0.308 e. The molecule has 110 valence electrons. The number of thiazole rings is 1. The number of halogens is 1.